The lowest BCUT2D eigenvalue weighted by molar-refractivity contribution is 0.623. The molecule has 0 aliphatic carbocycles. The minimum Gasteiger partial charge on any atom is -0.313 e. The third-order valence-electron chi connectivity index (χ3n) is 3.05. The van der Waals surface area contributed by atoms with Gasteiger partial charge < -0.3 is 5.32 Å². The molecule has 0 bridgehead atoms. The van der Waals surface area contributed by atoms with E-state index >= 15 is 0 Å². The molecule has 4 heteroatoms. The summed E-state index contributed by atoms with van der Waals surface area (Å²) < 4.78 is 15.2. The normalized spacial score (nSPS) is 11.2. The van der Waals surface area contributed by atoms with Crippen LogP contribution in [0.5, 0.6) is 0 Å². The molecule has 0 unspecified atom stereocenters. The van der Waals surface area contributed by atoms with Gasteiger partial charge in [0.25, 0.3) is 0 Å². The van der Waals surface area contributed by atoms with Gasteiger partial charge in [-0.3, -0.25) is 0 Å². The Labute approximate surface area is 113 Å². The average Bonchev–Trinajstić information content (AvgIpc) is 2.80. The number of nitrogens with zero attached hydrogens (tertiary/aromatic N) is 2. The second-order valence-electron chi connectivity index (χ2n) is 4.88. The lowest BCUT2D eigenvalue weighted by Crippen LogP contribution is -2.14. The van der Waals surface area contributed by atoms with Gasteiger partial charge in [0.05, 0.1) is 17.6 Å². The predicted octanol–water partition coefficient (Wildman–Crippen LogP) is 3.24. The fourth-order valence-corrected chi connectivity index (χ4v) is 2.22. The van der Waals surface area contributed by atoms with Crippen molar-refractivity contribution in [3.8, 4) is 5.69 Å². The molecule has 0 aliphatic heterocycles. The highest BCUT2D eigenvalue weighted by atomic mass is 19.1. The van der Waals surface area contributed by atoms with E-state index in [9.17, 15) is 4.39 Å². The van der Waals surface area contributed by atoms with Crippen molar-refractivity contribution in [3.63, 3.8) is 0 Å². The van der Waals surface area contributed by atoms with Crippen molar-refractivity contribution in [1.82, 2.24) is 15.1 Å². The second kappa shape index (κ2) is 5.97. The van der Waals surface area contributed by atoms with E-state index in [1.807, 2.05) is 16.9 Å². The van der Waals surface area contributed by atoms with Gasteiger partial charge in [-0.15, -0.1) is 0 Å². The summed E-state index contributed by atoms with van der Waals surface area (Å²) in [6.45, 7) is 8.04. The van der Waals surface area contributed by atoms with Crippen LogP contribution >= 0.6 is 0 Å². The zero-order valence-electron chi connectivity index (χ0n) is 11.7. The second-order valence-corrected chi connectivity index (χ2v) is 4.88. The van der Waals surface area contributed by atoms with Crippen LogP contribution in [0.3, 0.4) is 0 Å². The maximum absolute atomic E-state index is 13.3. The number of halogens is 1. The highest BCUT2D eigenvalue weighted by Gasteiger charge is 2.15. The van der Waals surface area contributed by atoms with Crippen molar-refractivity contribution in [2.45, 2.75) is 33.2 Å². The Bertz CT molecular complexity index is 546. The van der Waals surface area contributed by atoms with Crippen molar-refractivity contribution < 1.29 is 4.39 Å². The highest BCUT2D eigenvalue weighted by molar-refractivity contribution is 5.36. The highest BCUT2D eigenvalue weighted by Crippen LogP contribution is 2.23. The Morgan fingerprint density at radius 2 is 2.16 bits per heavy atom. The lowest BCUT2D eigenvalue weighted by atomic mass is 10.1. The van der Waals surface area contributed by atoms with E-state index in [1.165, 1.54) is 17.7 Å². The summed E-state index contributed by atoms with van der Waals surface area (Å²) in [5.74, 6) is 0.0929. The molecule has 0 saturated heterocycles. The van der Waals surface area contributed by atoms with Gasteiger partial charge in [-0.1, -0.05) is 26.8 Å². The van der Waals surface area contributed by atoms with Crippen LogP contribution in [0.2, 0.25) is 0 Å². The van der Waals surface area contributed by atoms with E-state index in [0.29, 0.717) is 5.92 Å². The van der Waals surface area contributed by atoms with Gasteiger partial charge in [-0.2, -0.15) is 5.10 Å². The number of benzene rings is 1. The molecule has 0 radical (unpaired) electrons. The summed E-state index contributed by atoms with van der Waals surface area (Å²) in [5, 5.41) is 7.72. The first-order valence-electron chi connectivity index (χ1n) is 6.67. The van der Waals surface area contributed by atoms with Crippen LogP contribution in [0, 0.1) is 5.82 Å². The number of aromatic nitrogens is 2. The molecule has 102 valence electrons. The smallest absolute Gasteiger partial charge is 0.125 e. The summed E-state index contributed by atoms with van der Waals surface area (Å²) >= 11 is 0. The van der Waals surface area contributed by atoms with Gasteiger partial charge in [-0.25, -0.2) is 9.07 Å². The molecule has 1 heterocycles. The van der Waals surface area contributed by atoms with Gasteiger partial charge in [0.1, 0.15) is 5.82 Å². The van der Waals surface area contributed by atoms with E-state index in [1.54, 1.807) is 6.07 Å². The SMILES string of the molecule is CCNCc1cnn(-c2cccc(F)c2)c1C(C)C. The molecule has 0 aliphatic rings. The summed E-state index contributed by atoms with van der Waals surface area (Å²) in [4.78, 5) is 0. The summed E-state index contributed by atoms with van der Waals surface area (Å²) in [7, 11) is 0. The van der Waals surface area contributed by atoms with Gasteiger partial charge in [0.15, 0.2) is 0 Å². The fourth-order valence-electron chi connectivity index (χ4n) is 2.22. The molecule has 0 atom stereocenters. The Hall–Kier alpha value is -1.68. The van der Waals surface area contributed by atoms with E-state index in [-0.39, 0.29) is 5.82 Å². The molecule has 19 heavy (non-hydrogen) atoms. The largest absolute Gasteiger partial charge is 0.313 e. The number of hydrogen-bond donors (Lipinski definition) is 1. The number of rotatable bonds is 5. The molecular weight excluding hydrogens is 241 g/mol. The van der Waals surface area contributed by atoms with Gasteiger partial charge in [0.2, 0.25) is 0 Å². The van der Waals surface area contributed by atoms with Crippen LogP contribution in [0.1, 0.15) is 37.9 Å². The molecule has 3 nitrogen and oxygen atoms in total. The predicted molar refractivity (Wildman–Crippen MR) is 75.0 cm³/mol. The first kappa shape index (κ1) is 13.7. The van der Waals surface area contributed by atoms with Crippen molar-refractivity contribution in [2.24, 2.45) is 0 Å². The van der Waals surface area contributed by atoms with Crippen molar-refractivity contribution in [1.29, 1.82) is 0 Å². The lowest BCUT2D eigenvalue weighted by Gasteiger charge is -2.13. The molecule has 1 aromatic carbocycles. The fraction of sp³-hybridized carbons (Fsp3) is 0.400. The van der Waals surface area contributed by atoms with Crippen LogP contribution in [0.15, 0.2) is 30.5 Å². The van der Waals surface area contributed by atoms with E-state index < -0.39 is 0 Å². The third kappa shape index (κ3) is 3.01. The molecule has 0 fully saturated rings. The van der Waals surface area contributed by atoms with Crippen molar-refractivity contribution in [3.05, 3.63) is 47.5 Å². The first-order chi connectivity index (χ1) is 9.13. The maximum atomic E-state index is 13.3. The van der Waals surface area contributed by atoms with Crippen molar-refractivity contribution in [2.75, 3.05) is 6.54 Å². The quantitative estimate of drug-likeness (QED) is 0.895. The average molecular weight is 261 g/mol. The standard InChI is InChI=1S/C15H20FN3/c1-4-17-9-12-10-18-19(15(12)11(2)3)14-7-5-6-13(16)8-14/h5-8,10-11,17H,4,9H2,1-3H3. The zero-order chi connectivity index (χ0) is 13.8. The monoisotopic (exact) mass is 261 g/mol. The summed E-state index contributed by atoms with van der Waals surface area (Å²) in [6, 6.07) is 6.54. The van der Waals surface area contributed by atoms with Crippen molar-refractivity contribution >= 4 is 0 Å². The van der Waals surface area contributed by atoms with Crippen LogP contribution in [-0.2, 0) is 6.54 Å². The van der Waals surface area contributed by atoms with E-state index in [0.717, 1.165) is 24.5 Å². The third-order valence-corrected chi connectivity index (χ3v) is 3.05. The molecule has 0 spiro atoms. The Balaban J connectivity index is 2.43. The molecule has 1 aromatic heterocycles. The minimum absolute atomic E-state index is 0.240. The van der Waals surface area contributed by atoms with Crippen LogP contribution in [0.25, 0.3) is 5.69 Å². The van der Waals surface area contributed by atoms with Gasteiger partial charge >= 0.3 is 0 Å². The molecule has 2 aromatic rings. The van der Waals surface area contributed by atoms with Gasteiger partial charge in [0, 0.05) is 12.1 Å². The number of nitrogens with one attached hydrogen (secondary N) is 1. The van der Waals surface area contributed by atoms with Crippen LogP contribution in [-0.4, -0.2) is 16.3 Å². The Morgan fingerprint density at radius 3 is 2.79 bits per heavy atom. The van der Waals surface area contributed by atoms with E-state index in [4.69, 9.17) is 0 Å². The van der Waals surface area contributed by atoms with Gasteiger partial charge in [-0.05, 0) is 30.7 Å². The minimum atomic E-state index is -0.240. The molecule has 1 N–H and O–H groups in total. The van der Waals surface area contributed by atoms with E-state index in [2.05, 4.69) is 31.2 Å². The summed E-state index contributed by atoms with van der Waals surface area (Å²) in [5.41, 5.74) is 3.07. The number of hydrogen-bond acceptors (Lipinski definition) is 2. The van der Waals surface area contributed by atoms with Crippen LogP contribution in [0.4, 0.5) is 4.39 Å². The molecule has 0 saturated carbocycles. The first-order valence-corrected chi connectivity index (χ1v) is 6.67. The summed E-state index contributed by atoms with van der Waals surface area (Å²) in [6.07, 6.45) is 1.86. The molecule has 2 rings (SSSR count). The molecule has 0 amide bonds. The topological polar surface area (TPSA) is 29.9 Å². The Morgan fingerprint density at radius 1 is 1.37 bits per heavy atom. The Kier molecular flexibility index (Phi) is 4.32. The maximum Gasteiger partial charge on any atom is 0.125 e. The zero-order valence-corrected chi connectivity index (χ0v) is 11.7. The van der Waals surface area contributed by atoms with Crippen LogP contribution < -0.4 is 5.32 Å². The molecular formula is C15H20FN3.